The molecule has 1 aromatic carbocycles. The van der Waals surface area contributed by atoms with Gasteiger partial charge in [0.1, 0.15) is 5.82 Å². The summed E-state index contributed by atoms with van der Waals surface area (Å²) >= 11 is 0. The maximum Gasteiger partial charge on any atom is 0.315 e. The fourth-order valence-corrected chi connectivity index (χ4v) is 2.79. The van der Waals surface area contributed by atoms with Crippen molar-refractivity contribution in [2.24, 2.45) is 0 Å². The van der Waals surface area contributed by atoms with E-state index in [0.717, 1.165) is 32.1 Å². The standard InChI is InChI=1S/C17H24FN3O2/c1-2-11-19-17(23)21-15-6-4-3-5-14(15)20-16(22)12-7-9-13(18)10-8-12/h7-10,14-15H,2-6,11H2,1H3,(H,20,22)(H2,19,21,23). The number of nitrogens with one attached hydrogen (secondary N) is 3. The Labute approximate surface area is 136 Å². The first-order valence-corrected chi connectivity index (χ1v) is 8.21. The van der Waals surface area contributed by atoms with Crippen molar-refractivity contribution in [3.05, 3.63) is 35.6 Å². The summed E-state index contributed by atoms with van der Waals surface area (Å²) in [6, 6.07) is 5.08. The Kier molecular flexibility index (Phi) is 6.38. The molecule has 2 rings (SSSR count). The normalized spacial score (nSPS) is 20.6. The van der Waals surface area contributed by atoms with Crippen LogP contribution in [-0.4, -0.2) is 30.6 Å². The van der Waals surface area contributed by atoms with E-state index in [9.17, 15) is 14.0 Å². The zero-order valence-corrected chi connectivity index (χ0v) is 13.4. The van der Waals surface area contributed by atoms with Gasteiger partial charge >= 0.3 is 6.03 Å². The van der Waals surface area contributed by atoms with Gasteiger partial charge in [-0.05, 0) is 43.5 Å². The molecule has 3 amide bonds. The van der Waals surface area contributed by atoms with Gasteiger partial charge in [0, 0.05) is 18.2 Å². The number of carbonyl (C=O) groups is 2. The average Bonchev–Trinajstić information content (AvgIpc) is 2.55. The Bertz CT molecular complexity index is 533. The van der Waals surface area contributed by atoms with Gasteiger partial charge in [-0.1, -0.05) is 19.8 Å². The van der Waals surface area contributed by atoms with Crippen molar-refractivity contribution in [3.8, 4) is 0 Å². The molecule has 3 N–H and O–H groups in total. The topological polar surface area (TPSA) is 70.2 Å². The highest BCUT2D eigenvalue weighted by atomic mass is 19.1. The lowest BCUT2D eigenvalue weighted by molar-refractivity contribution is 0.0916. The predicted molar refractivity (Wildman–Crippen MR) is 86.7 cm³/mol. The fourth-order valence-electron chi connectivity index (χ4n) is 2.79. The number of hydrogen-bond donors (Lipinski definition) is 3. The second-order valence-electron chi connectivity index (χ2n) is 5.88. The van der Waals surface area contributed by atoms with E-state index in [-0.39, 0.29) is 29.8 Å². The van der Waals surface area contributed by atoms with Gasteiger partial charge in [-0.15, -0.1) is 0 Å². The highest BCUT2D eigenvalue weighted by Gasteiger charge is 2.28. The molecule has 23 heavy (non-hydrogen) atoms. The highest BCUT2D eigenvalue weighted by Crippen LogP contribution is 2.19. The van der Waals surface area contributed by atoms with E-state index in [0.29, 0.717) is 12.1 Å². The molecule has 0 saturated heterocycles. The minimum Gasteiger partial charge on any atom is -0.347 e. The summed E-state index contributed by atoms with van der Waals surface area (Å²) in [5.41, 5.74) is 0.422. The molecule has 0 aromatic heterocycles. The first-order valence-electron chi connectivity index (χ1n) is 8.21. The van der Waals surface area contributed by atoms with Crippen LogP contribution >= 0.6 is 0 Å². The summed E-state index contributed by atoms with van der Waals surface area (Å²) in [6.07, 6.45) is 4.59. The van der Waals surface area contributed by atoms with Gasteiger partial charge in [0.05, 0.1) is 6.04 Å². The predicted octanol–water partition coefficient (Wildman–Crippen LogP) is 2.58. The monoisotopic (exact) mass is 321 g/mol. The molecular formula is C17H24FN3O2. The zero-order chi connectivity index (χ0) is 16.7. The van der Waals surface area contributed by atoms with Crippen LogP contribution in [0.4, 0.5) is 9.18 Å². The third-order valence-corrected chi connectivity index (χ3v) is 4.04. The van der Waals surface area contributed by atoms with Gasteiger partial charge in [0.15, 0.2) is 0 Å². The molecule has 0 radical (unpaired) electrons. The summed E-state index contributed by atoms with van der Waals surface area (Å²) in [5, 5.41) is 8.69. The molecule has 6 heteroatoms. The fraction of sp³-hybridized carbons (Fsp3) is 0.529. The summed E-state index contributed by atoms with van der Waals surface area (Å²) < 4.78 is 12.9. The van der Waals surface area contributed by atoms with Crippen molar-refractivity contribution in [1.82, 2.24) is 16.0 Å². The summed E-state index contributed by atoms with van der Waals surface area (Å²) in [7, 11) is 0. The maximum atomic E-state index is 12.9. The van der Waals surface area contributed by atoms with Gasteiger partial charge in [-0.3, -0.25) is 4.79 Å². The summed E-state index contributed by atoms with van der Waals surface area (Å²) in [5.74, 6) is -0.607. The Morgan fingerprint density at radius 1 is 1.09 bits per heavy atom. The van der Waals surface area contributed by atoms with Crippen molar-refractivity contribution in [2.75, 3.05) is 6.54 Å². The molecule has 0 aliphatic heterocycles. The first kappa shape index (κ1) is 17.2. The largest absolute Gasteiger partial charge is 0.347 e. The van der Waals surface area contributed by atoms with Crippen LogP contribution in [0, 0.1) is 5.82 Å². The van der Waals surface area contributed by atoms with Gasteiger partial charge in [0.25, 0.3) is 5.91 Å². The van der Waals surface area contributed by atoms with Crippen LogP contribution in [-0.2, 0) is 0 Å². The van der Waals surface area contributed by atoms with Crippen molar-refractivity contribution < 1.29 is 14.0 Å². The minimum atomic E-state index is -0.369. The molecule has 1 fully saturated rings. The second-order valence-corrected chi connectivity index (χ2v) is 5.88. The molecule has 5 nitrogen and oxygen atoms in total. The van der Waals surface area contributed by atoms with Crippen LogP contribution < -0.4 is 16.0 Å². The van der Waals surface area contributed by atoms with Crippen LogP contribution in [0.1, 0.15) is 49.4 Å². The maximum absolute atomic E-state index is 12.9. The third-order valence-electron chi connectivity index (χ3n) is 4.04. The van der Waals surface area contributed by atoms with Crippen LogP contribution in [0.2, 0.25) is 0 Å². The van der Waals surface area contributed by atoms with Gasteiger partial charge in [0.2, 0.25) is 0 Å². The number of urea groups is 1. The van der Waals surface area contributed by atoms with Crippen LogP contribution in [0.15, 0.2) is 24.3 Å². The summed E-state index contributed by atoms with van der Waals surface area (Å²) in [4.78, 5) is 24.1. The molecule has 2 atom stereocenters. The molecule has 1 aromatic rings. The van der Waals surface area contributed by atoms with E-state index >= 15 is 0 Å². The smallest absolute Gasteiger partial charge is 0.315 e. The Morgan fingerprint density at radius 3 is 2.30 bits per heavy atom. The number of amides is 3. The lowest BCUT2D eigenvalue weighted by Crippen LogP contribution is -2.55. The Hall–Kier alpha value is -2.11. The lowest BCUT2D eigenvalue weighted by Gasteiger charge is -2.32. The van der Waals surface area contributed by atoms with E-state index in [2.05, 4.69) is 16.0 Å². The Balaban J connectivity index is 1.93. The van der Waals surface area contributed by atoms with E-state index in [1.54, 1.807) is 0 Å². The molecule has 2 unspecified atom stereocenters. The SMILES string of the molecule is CCCNC(=O)NC1CCCCC1NC(=O)c1ccc(F)cc1. The van der Waals surface area contributed by atoms with Gasteiger partial charge < -0.3 is 16.0 Å². The van der Waals surface area contributed by atoms with Crippen molar-refractivity contribution in [3.63, 3.8) is 0 Å². The molecule has 0 spiro atoms. The van der Waals surface area contributed by atoms with Crippen LogP contribution in [0.5, 0.6) is 0 Å². The van der Waals surface area contributed by atoms with Crippen molar-refractivity contribution in [1.29, 1.82) is 0 Å². The lowest BCUT2D eigenvalue weighted by atomic mass is 9.90. The van der Waals surface area contributed by atoms with Crippen LogP contribution in [0.3, 0.4) is 0 Å². The highest BCUT2D eigenvalue weighted by molar-refractivity contribution is 5.94. The molecule has 1 aliphatic rings. The van der Waals surface area contributed by atoms with E-state index in [1.165, 1.54) is 24.3 Å². The van der Waals surface area contributed by atoms with E-state index < -0.39 is 0 Å². The van der Waals surface area contributed by atoms with Crippen molar-refractivity contribution in [2.45, 2.75) is 51.1 Å². The quantitative estimate of drug-likeness (QED) is 0.780. The third kappa shape index (κ3) is 5.23. The van der Waals surface area contributed by atoms with Gasteiger partial charge in [-0.25, -0.2) is 9.18 Å². The van der Waals surface area contributed by atoms with E-state index in [4.69, 9.17) is 0 Å². The average molecular weight is 321 g/mol. The molecule has 0 heterocycles. The molecule has 1 aliphatic carbocycles. The van der Waals surface area contributed by atoms with Crippen LogP contribution in [0.25, 0.3) is 0 Å². The molecule has 0 bridgehead atoms. The number of halogens is 1. The number of rotatable bonds is 5. The number of hydrogen-bond acceptors (Lipinski definition) is 2. The molecular weight excluding hydrogens is 297 g/mol. The first-order chi connectivity index (χ1) is 11.1. The Morgan fingerprint density at radius 2 is 1.70 bits per heavy atom. The minimum absolute atomic E-state index is 0.0787. The summed E-state index contributed by atoms with van der Waals surface area (Å²) in [6.45, 7) is 2.62. The number of benzene rings is 1. The van der Waals surface area contributed by atoms with E-state index in [1.807, 2.05) is 6.92 Å². The number of carbonyl (C=O) groups excluding carboxylic acids is 2. The molecule has 126 valence electrons. The van der Waals surface area contributed by atoms with Crippen molar-refractivity contribution >= 4 is 11.9 Å². The zero-order valence-electron chi connectivity index (χ0n) is 13.4. The van der Waals surface area contributed by atoms with Gasteiger partial charge in [-0.2, -0.15) is 0 Å². The molecule has 1 saturated carbocycles. The second kappa shape index (κ2) is 8.50.